The highest BCUT2D eigenvalue weighted by Crippen LogP contribution is 2.23. The topological polar surface area (TPSA) is 73.9 Å². The molecule has 146 valence electrons. The summed E-state index contributed by atoms with van der Waals surface area (Å²) in [5, 5.41) is 0. The van der Waals surface area contributed by atoms with Gasteiger partial charge in [-0.1, -0.05) is 18.2 Å². The Balaban J connectivity index is 1.50. The molecule has 0 saturated heterocycles. The standard InChI is InChI=1S/C21H21NO5S/c1-25-18-11-13-19(14-12-18)26-15-16-28(23,24)22-17-7-9-21(10-8-17)27-20-5-3-2-4-6-20/h2-14,22H,15-16H2,1H3. The van der Waals surface area contributed by atoms with E-state index in [2.05, 4.69) is 4.72 Å². The third kappa shape index (κ3) is 5.92. The lowest BCUT2D eigenvalue weighted by Crippen LogP contribution is -2.21. The SMILES string of the molecule is COc1ccc(OCCS(=O)(=O)Nc2ccc(Oc3ccccc3)cc2)cc1. The van der Waals surface area contributed by atoms with Crippen LogP contribution in [0.2, 0.25) is 0 Å². The van der Waals surface area contributed by atoms with Gasteiger partial charge in [-0.2, -0.15) is 0 Å². The van der Waals surface area contributed by atoms with Crippen molar-refractivity contribution in [1.82, 2.24) is 0 Å². The van der Waals surface area contributed by atoms with Gasteiger partial charge in [0.05, 0.1) is 7.11 Å². The summed E-state index contributed by atoms with van der Waals surface area (Å²) in [5.74, 6) is 2.46. The number of hydrogen-bond donors (Lipinski definition) is 1. The van der Waals surface area contributed by atoms with Crippen molar-refractivity contribution in [1.29, 1.82) is 0 Å². The van der Waals surface area contributed by atoms with Crippen LogP contribution in [0.1, 0.15) is 0 Å². The summed E-state index contributed by atoms with van der Waals surface area (Å²) in [7, 11) is -1.95. The van der Waals surface area contributed by atoms with Crippen molar-refractivity contribution in [2.75, 3.05) is 24.2 Å². The van der Waals surface area contributed by atoms with E-state index in [0.717, 1.165) is 0 Å². The number of rotatable bonds is 9. The van der Waals surface area contributed by atoms with Crippen LogP contribution < -0.4 is 18.9 Å². The van der Waals surface area contributed by atoms with Crippen molar-refractivity contribution in [3.63, 3.8) is 0 Å². The average Bonchev–Trinajstić information content (AvgIpc) is 2.70. The first-order valence-corrected chi connectivity index (χ1v) is 10.3. The maximum atomic E-state index is 12.2. The minimum absolute atomic E-state index is 0.0386. The lowest BCUT2D eigenvalue weighted by molar-refractivity contribution is 0.340. The molecule has 0 atom stereocenters. The number of anilines is 1. The van der Waals surface area contributed by atoms with Crippen molar-refractivity contribution < 1.29 is 22.6 Å². The largest absolute Gasteiger partial charge is 0.497 e. The van der Waals surface area contributed by atoms with E-state index >= 15 is 0 Å². The normalized spacial score (nSPS) is 10.9. The molecule has 1 N–H and O–H groups in total. The molecule has 0 fully saturated rings. The van der Waals surface area contributed by atoms with Crippen LogP contribution in [0.25, 0.3) is 0 Å². The Morgan fingerprint density at radius 1 is 0.750 bits per heavy atom. The molecule has 0 aliphatic rings. The number of nitrogens with one attached hydrogen (secondary N) is 1. The van der Waals surface area contributed by atoms with Gasteiger partial charge in [0.25, 0.3) is 0 Å². The van der Waals surface area contributed by atoms with Crippen molar-refractivity contribution in [2.45, 2.75) is 0 Å². The first-order chi connectivity index (χ1) is 13.5. The van der Waals surface area contributed by atoms with Crippen LogP contribution in [-0.2, 0) is 10.0 Å². The molecule has 0 saturated carbocycles. The quantitative estimate of drug-likeness (QED) is 0.580. The van der Waals surface area contributed by atoms with E-state index in [1.807, 2.05) is 30.3 Å². The van der Waals surface area contributed by atoms with E-state index in [4.69, 9.17) is 14.2 Å². The van der Waals surface area contributed by atoms with Crippen LogP contribution in [0.5, 0.6) is 23.0 Å². The molecule has 0 radical (unpaired) electrons. The molecule has 3 aromatic rings. The van der Waals surface area contributed by atoms with Gasteiger partial charge in [-0.05, 0) is 60.7 Å². The molecule has 7 heteroatoms. The lowest BCUT2D eigenvalue weighted by Gasteiger charge is -2.11. The molecule has 0 spiro atoms. The van der Waals surface area contributed by atoms with Gasteiger partial charge in [0.2, 0.25) is 10.0 Å². The summed E-state index contributed by atoms with van der Waals surface area (Å²) in [5.41, 5.74) is 0.463. The summed E-state index contributed by atoms with van der Waals surface area (Å²) in [6, 6.07) is 23.0. The van der Waals surface area contributed by atoms with Crippen LogP contribution in [0, 0.1) is 0 Å². The second-order valence-electron chi connectivity index (χ2n) is 5.88. The van der Waals surface area contributed by atoms with Crippen LogP contribution in [0.3, 0.4) is 0 Å². The number of para-hydroxylation sites is 1. The first kappa shape index (κ1) is 19.6. The zero-order valence-corrected chi connectivity index (χ0v) is 16.2. The second-order valence-corrected chi connectivity index (χ2v) is 7.73. The summed E-state index contributed by atoms with van der Waals surface area (Å²) in [6.45, 7) is 0.0386. The average molecular weight is 399 g/mol. The number of hydrogen-bond acceptors (Lipinski definition) is 5. The second kappa shape index (κ2) is 9.14. The maximum Gasteiger partial charge on any atom is 0.236 e. The van der Waals surface area contributed by atoms with E-state index in [1.54, 1.807) is 55.6 Å². The molecule has 0 aromatic heterocycles. The maximum absolute atomic E-state index is 12.2. The Bertz CT molecular complexity index is 972. The molecule has 28 heavy (non-hydrogen) atoms. The van der Waals surface area contributed by atoms with Crippen molar-refractivity contribution in [2.24, 2.45) is 0 Å². The molecular formula is C21H21NO5S. The van der Waals surface area contributed by atoms with Gasteiger partial charge in [-0.15, -0.1) is 0 Å². The predicted molar refractivity (Wildman–Crippen MR) is 109 cm³/mol. The van der Waals surface area contributed by atoms with Gasteiger partial charge < -0.3 is 14.2 Å². The highest BCUT2D eigenvalue weighted by atomic mass is 32.2. The molecule has 0 bridgehead atoms. The Kier molecular flexibility index (Phi) is 6.39. The highest BCUT2D eigenvalue weighted by Gasteiger charge is 2.11. The van der Waals surface area contributed by atoms with Gasteiger partial charge in [-0.25, -0.2) is 8.42 Å². The number of ether oxygens (including phenoxy) is 3. The molecule has 0 heterocycles. The Hall–Kier alpha value is -3.19. The molecule has 0 aliphatic carbocycles. The zero-order chi connectivity index (χ0) is 19.8. The number of methoxy groups -OCH3 is 1. The lowest BCUT2D eigenvalue weighted by atomic mass is 10.3. The number of sulfonamides is 1. The van der Waals surface area contributed by atoms with Crippen molar-refractivity contribution >= 4 is 15.7 Å². The summed E-state index contributed by atoms with van der Waals surface area (Å²) < 4.78 is 43.2. The minimum atomic E-state index is -3.53. The van der Waals surface area contributed by atoms with Crippen LogP contribution in [0.4, 0.5) is 5.69 Å². The third-order valence-electron chi connectivity index (χ3n) is 3.79. The Morgan fingerprint density at radius 3 is 1.96 bits per heavy atom. The number of benzene rings is 3. The van der Waals surface area contributed by atoms with Gasteiger partial charge in [0, 0.05) is 5.69 Å². The van der Waals surface area contributed by atoms with Gasteiger partial charge in [0.15, 0.2) is 0 Å². The Labute approximate surface area is 164 Å². The zero-order valence-electron chi connectivity index (χ0n) is 15.4. The van der Waals surface area contributed by atoms with E-state index in [9.17, 15) is 8.42 Å². The first-order valence-electron chi connectivity index (χ1n) is 8.64. The van der Waals surface area contributed by atoms with Crippen LogP contribution >= 0.6 is 0 Å². The molecular weight excluding hydrogens is 378 g/mol. The molecule has 0 aliphatic heterocycles. The van der Waals surface area contributed by atoms with Crippen molar-refractivity contribution in [3.05, 3.63) is 78.9 Å². The fourth-order valence-corrected chi connectivity index (χ4v) is 3.29. The van der Waals surface area contributed by atoms with E-state index in [0.29, 0.717) is 28.7 Å². The fourth-order valence-electron chi connectivity index (χ4n) is 2.39. The van der Waals surface area contributed by atoms with Gasteiger partial charge in [0.1, 0.15) is 35.4 Å². The smallest absolute Gasteiger partial charge is 0.236 e. The minimum Gasteiger partial charge on any atom is -0.497 e. The van der Waals surface area contributed by atoms with E-state index < -0.39 is 10.0 Å². The molecule has 6 nitrogen and oxygen atoms in total. The summed E-state index contributed by atoms with van der Waals surface area (Å²) >= 11 is 0. The predicted octanol–water partition coefficient (Wildman–Crippen LogP) is 4.31. The fraction of sp³-hybridized carbons (Fsp3) is 0.143. The molecule has 0 unspecified atom stereocenters. The molecule has 3 rings (SSSR count). The molecule has 0 amide bonds. The van der Waals surface area contributed by atoms with Crippen molar-refractivity contribution in [3.8, 4) is 23.0 Å². The van der Waals surface area contributed by atoms with Gasteiger partial charge >= 0.3 is 0 Å². The third-order valence-corrected chi connectivity index (χ3v) is 5.04. The summed E-state index contributed by atoms with van der Waals surface area (Å²) in [4.78, 5) is 0. The summed E-state index contributed by atoms with van der Waals surface area (Å²) in [6.07, 6.45) is 0. The van der Waals surface area contributed by atoms with Crippen LogP contribution in [-0.4, -0.2) is 27.9 Å². The van der Waals surface area contributed by atoms with E-state index in [-0.39, 0.29) is 12.4 Å². The Morgan fingerprint density at radius 2 is 1.32 bits per heavy atom. The van der Waals surface area contributed by atoms with Gasteiger partial charge in [-0.3, -0.25) is 4.72 Å². The molecule has 3 aromatic carbocycles. The highest BCUT2D eigenvalue weighted by molar-refractivity contribution is 7.92. The van der Waals surface area contributed by atoms with Crippen LogP contribution in [0.15, 0.2) is 78.9 Å². The monoisotopic (exact) mass is 399 g/mol. The van der Waals surface area contributed by atoms with E-state index in [1.165, 1.54) is 0 Å².